The van der Waals surface area contributed by atoms with Crippen LogP contribution in [-0.4, -0.2) is 45.4 Å². The van der Waals surface area contributed by atoms with Gasteiger partial charge in [0.15, 0.2) is 41.3 Å². The van der Waals surface area contributed by atoms with Gasteiger partial charge in [-0.2, -0.15) is 26.3 Å². The molecule has 49 heavy (non-hydrogen) atoms. The van der Waals surface area contributed by atoms with Crippen molar-refractivity contribution in [3.05, 3.63) is 58.2 Å². The number of alkyl halides is 6. The van der Waals surface area contributed by atoms with Gasteiger partial charge in [-0.05, 0) is 62.3 Å². The van der Waals surface area contributed by atoms with Crippen LogP contribution in [0.3, 0.4) is 0 Å². The molecule has 0 aliphatic carbocycles. The number of hydrogen-bond acceptors (Lipinski definition) is 1. The van der Waals surface area contributed by atoms with Crippen molar-refractivity contribution in [2.45, 2.75) is 114 Å². The second kappa shape index (κ2) is 11.9. The smallest absolute Gasteiger partial charge is 0.422 e. The molecule has 1 atom stereocenters. The van der Waals surface area contributed by atoms with Crippen molar-refractivity contribution in [1.82, 2.24) is 0 Å². The molecule has 0 amide bonds. The maximum Gasteiger partial charge on any atom is 0.422 e. The molecule has 0 N–H and O–H groups in total. The van der Waals surface area contributed by atoms with E-state index in [0.29, 0.717) is 0 Å². The number of rotatable bonds is 3. The minimum Gasteiger partial charge on any atom is -0.564 e. The van der Waals surface area contributed by atoms with Crippen molar-refractivity contribution in [2.75, 3.05) is 0 Å². The van der Waals surface area contributed by atoms with Crippen molar-refractivity contribution >= 4 is 24.5 Å². The Balaban J connectivity index is 2.93. The lowest BCUT2D eigenvalue weighted by Gasteiger charge is -2.65. The Morgan fingerprint density at radius 1 is 0.490 bits per heavy atom. The summed E-state index contributed by atoms with van der Waals surface area (Å²) in [6.45, 7) is 12.6. The second-order valence-electron chi connectivity index (χ2n) is 15.2. The van der Waals surface area contributed by atoms with E-state index in [1.807, 2.05) is 0 Å². The van der Waals surface area contributed by atoms with E-state index in [0.717, 1.165) is 0 Å². The minimum atomic E-state index is -6.74. The maximum absolute atomic E-state index is 15.8. The van der Waals surface area contributed by atoms with Crippen LogP contribution in [0.1, 0.15) is 68.7 Å². The van der Waals surface area contributed by atoms with Crippen LogP contribution in [-0.2, 0) is 4.65 Å². The lowest BCUT2D eigenvalue weighted by atomic mass is 9.27. The van der Waals surface area contributed by atoms with Gasteiger partial charge in [0.1, 0.15) is 23.3 Å². The van der Waals surface area contributed by atoms with E-state index in [1.165, 1.54) is 62.3 Å². The zero-order valence-corrected chi connectivity index (χ0v) is 28.4. The molecular formula is C30H32BF16OP. The number of halogens is 16. The van der Waals surface area contributed by atoms with Crippen LogP contribution in [0.4, 0.5) is 70.2 Å². The summed E-state index contributed by atoms with van der Waals surface area (Å²) in [6.07, 6.45) is -23.4. The van der Waals surface area contributed by atoms with Crippen molar-refractivity contribution in [1.29, 1.82) is 0 Å². The van der Waals surface area contributed by atoms with Gasteiger partial charge in [0.2, 0.25) is 5.60 Å². The molecule has 1 heterocycles. The summed E-state index contributed by atoms with van der Waals surface area (Å²) in [5.41, 5.74) is -13.5. The van der Waals surface area contributed by atoms with Gasteiger partial charge in [-0.25, -0.2) is 43.9 Å². The Bertz CT molecular complexity index is 1470. The van der Waals surface area contributed by atoms with E-state index in [9.17, 15) is 26.3 Å². The predicted molar refractivity (Wildman–Crippen MR) is 153 cm³/mol. The zero-order valence-electron chi connectivity index (χ0n) is 27.5. The first-order valence-electron chi connectivity index (χ1n) is 14.5. The molecule has 278 valence electrons. The Labute approximate surface area is 272 Å². The van der Waals surface area contributed by atoms with Crippen LogP contribution in [0.15, 0.2) is 0 Å². The SMILES string of the molecule is CC(C)(C)[P+]([C@H]1C[B-](c2c(F)c(F)c(F)c(F)c2F)(c2c(F)c(F)c(F)c(F)c2F)OC(C(F)(F)F)(C(F)(F)F)C1)(C(C)(C)C)C(C)(C)C. The van der Waals surface area contributed by atoms with E-state index >= 15 is 43.9 Å². The first-order valence-corrected chi connectivity index (χ1v) is 16.4. The molecule has 1 aliphatic rings. The average molecular weight is 754 g/mol. The molecule has 0 spiro atoms. The van der Waals surface area contributed by atoms with Crippen LogP contribution in [0.5, 0.6) is 0 Å². The van der Waals surface area contributed by atoms with Crippen molar-refractivity contribution in [3.8, 4) is 0 Å². The molecule has 0 aromatic heterocycles. The second-order valence-corrected chi connectivity index (χ2v) is 21.4. The molecular weight excluding hydrogens is 722 g/mol. The van der Waals surface area contributed by atoms with Crippen LogP contribution in [0.25, 0.3) is 0 Å². The third kappa shape index (κ3) is 5.63. The standard InChI is InChI=1S/C30H32BF16OP/c1-25(2,3)49(26(4,5)6,27(7,8)9)12-10-28(29(42,43)44,30(45,46)47)48-31(11-12,13-15(32)19(36)23(40)20(37)16(13)33)14-17(34)21(38)24(41)22(39)18(14)35/h12H,10-11H2,1-9H3/t12-/m1/s1. The molecule has 1 aliphatic heterocycles. The van der Waals surface area contributed by atoms with E-state index in [-0.39, 0.29) is 0 Å². The lowest BCUT2D eigenvalue weighted by molar-refractivity contribution is -0.364. The Kier molecular flexibility index (Phi) is 10.0. The third-order valence-corrected chi connectivity index (χ3v) is 17.4. The van der Waals surface area contributed by atoms with E-state index < -0.39 is 135 Å². The third-order valence-electron chi connectivity index (χ3n) is 9.59. The van der Waals surface area contributed by atoms with Crippen LogP contribution in [0, 0.1) is 58.2 Å². The predicted octanol–water partition coefficient (Wildman–Crippen LogP) is 10.2. The highest BCUT2D eigenvalue weighted by atomic mass is 31.2. The van der Waals surface area contributed by atoms with Crippen LogP contribution >= 0.6 is 7.26 Å². The van der Waals surface area contributed by atoms with Gasteiger partial charge in [-0.15, -0.1) is 6.32 Å². The molecule has 1 fully saturated rings. The topological polar surface area (TPSA) is 9.23 Å². The molecule has 0 saturated carbocycles. The van der Waals surface area contributed by atoms with E-state index in [4.69, 9.17) is 0 Å². The van der Waals surface area contributed by atoms with Crippen molar-refractivity contribution < 1.29 is 74.9 Å². The minimum absolute atomic E-state index is 1.39. The molecule has 2 aromatic carbocycles. The summed E-state index contributed by atoms with van der Waals surface area (Å²) in [5, 5.41) is -4.16. The van der Waals surface area contributed by atoms with E-state index in [1.54, 1.807) is 0 Å². The molecule has 19 heteroatoms. The first-order chi connectivity index (χ1) is 21.6. The summed E-state index contributed by atoms with van der Waals surface area (Å²) >= 11 is 0. The highest BCUT2D eigenvalue weighted by Crippen LogP contribution is 2.88. The fraction of sp³-hybridized carbons (Fsp3) is 0.600. The van der Waals surface area contributed by atoms with Gasteiger partial charge in [0, 0.05) is 19.3 Å². The molecule has 3 rings (SSSR count). The van der Waals surface area contributed by atoms with Crippen LogP contribution in [0.2, 0.25) is 6.32 Å². The summed E-state index contributed by atoms with van der Waals surface area (Å²) in [5.74, 6) is -30.8. The van der Waals surface area contributed by atoms with Crippen molar-refractivity contribution in [3.63, 3.8) is 0 Å². The highest BCUT2D eigenvalue weighted by molar-refractivity contribution is 7.80. The van der Waals surface area contributed by atoms with Gasteiger partial charge in [0.25, 0.3) is 0 Å². The average Bonchev–Trinajstić information content (AvgIpc) is 2.89. The quantitative estimate of drug-likeness (QED) is 0.0997. The summed E-state index contributed by atoms with van der Waals surface area (Å²) in [6, 6.07) is 0. The first kappa shape index (κ1) is 41.2. The summed E-state index contributed by atoms with van der Waals surface area (Å²) < 4.78 is 246. The molecule has 2 aromatic rings. The Morgan fingerprint density at radius 2 is 0.735 bits per heavy atom. The lowest BCUT2D eigenvalue weighted by Crippen LogP contribution is -2.78. The molecule has 0 unspecified atom stereocenters. The Hall–Kier alpha value is -2.23. The van der Waals surface area contributed by atoms with Gasteiger partial charge in [0.05, 0.1) is 15.5 Å². The van der Waals surface area contributed by atoms with Gasteiger partial charge in [-0.3, -0.25) is 0 Å². The largest absolute Gasteiger partial charge is 0.564 e. The molecule has 0 bridgehead atoms. The molecule has 0 radical (unpaired) electrons. The fourth-order valence-corrected chi connectivity index (χ4v) is 19.7. The monoisotopic (exact) mass is 754 g/mol. The molecule has 1 nitrogen and oxygen atoms in total. The maximum atomic E-state index is 15.8. The Morgan fingerprint density at radius 3 is 0.959 bits per heavy atom. The van der Waals surface area contributed by atoms with E-state index in [2.05, 4.69) is 4.65 Å². The normalized spacial score (nSPS) is 19.4. The van der Waals surface area contributed by atoms with Crippen LogP contribution < -0.4 is 10.9 Å². The van der Waals surface area contributed by atoms with Gasteiger partial charge < -0.3 is 4.65 Å². The molecule has 1 saturated heterocycles. The fourth-order valence-electron chi connectivity index (χ4n) is 9.28. The van der Waals surface area contributed by atoms with Gasteiger partial charge >= 0.3 is 12.4 Å². The number of hydrogen-bond donors (Lipinski definition) is 0. The number of benzene rings is 2. The van der Waals surface area contributed by atoms with Gasteiger partial charge in [-0.1, -0.05) is 10.9 Å². The van der Waals surface area contributed by atoms with Crippen molar-refractivity contribution in [2.24, 2.45) is 0 Å². The summed E-state index contributed by atoms with van der Waals surface area (Å²) in [4.78, 5) is 0. The summed E-state index contributed by atoms with van der Waals surface area (Å²) in [7, 11) is -3.87. The highest BCUT2D eigenvalue weighted by Gasteiger charge is 2.79. The zero-order chi connectivity index (χ0) is 38.6.